The van der Waals surface area contributed by atoms with Crippen molar-refractivity contribution < 1.29 is 23.8 Å². The molecule has 3 aromatic rings. The van der Waals surface area contributed by atoms with Crippen molar-refractivity contribution in [2.45, 2.75) is 13.5 Å². The van der Waals surface area contributed by atoms with Crippen LogP contribution in [0.5, 0.6) is 11.5 Å². The molecule has 3 aromatic carbocycles. The van der Waals surface area contributed by atoms with Crippen molar-refractivity contribution in [3.63, 3.8) is 0 Å². The van der Waals surface area contributed by atoms with E-state index < -0.39 is 11.8 Å². The molecule has 0 aliphatic heterocycles. The average molecular weight is 496 g/mol. The van der Waals surface area contributed by atoms with E-state index in [-0.39, 0.29) is 12.2 Å². The van der Waals surface area contributed by atoms with Crippen molar-refractivity contribution in [3.05, 3.63) is 93.2 Å². The fourth-order valence-corrected chi connectivity index (χ4v) is 3.60. The molecule has 7 heteroatoms. The standard InChI is InChI=1S/C25H19BrFNO4/c1-2-31-23-12-17(10-20(14-28)18-6-4-8-21(27)13-18)11-22(26)24(23)32-15-16-5-3-7-19(9-16)25(29)30/h3-13H,2,15H2,1H3,(H,29,30)/b20-10-. The van der Waals surface area contributed by atoms with Crippen molar-refractivity contribution in [1.82, 2.24) is 0 Å². The summed E-state index contributed by atoms with van der Waals surface area (Å²) in [5.74, 6) is -0.519. The summed E-state index contributed by atoms with van der Waals surface area (Å²) >= 11 is 3.49. The van der Waals surface area contributed by atoms with Crippen LogP contribution in [0.4, 0.5) is 4.39 Å². The second-order valence-electron chi connectivity index (χ2n) is 6.74. The van der Waals surface area contributed by atoms with Gasteiger partial charge in [-0.05, 0) is 82.0 Å². The Balaban J connectivity index is 1.91. The molecule has 0 saturated carbocycles. The zero-order chi connectivity index (χ0) is 23.1. The van der Waals surface area contributed by atoms with Crippen molar-refractivity contribution in [3.8, 4) is 17.6 Å². The summed E-state index contributed by atoms with van der Waals surface area (Å²) in [5.41, 5.74) is 2.32. The number of carboxylic acid groups (broad SMARTS) is 1. The molecule has 0 aromatic heterocycles. The molecule has 0 heterocycles. The van der Waals surface area contributed by atoms with Crippen LogP contribution in [-0.4, -0.2) is 17.7 Å². The molecule has 0 bridgehead atoms. The Morgan fingerprint density at radius 2 is 1.88 bits per heavy atom. The number of benzene rings is 3. The largest absolute Gasteiger partial charge is 0.490 e. The molecule has 162 valence electrons. The first-order valence-corrected chi connectivity index (χ1v) is 10.5. The number of carboxylic acids is 1. The Hall–Kier alpha value is -3.63. The fourth-order valence-electron chi connectivity index (χ4n) is 3.03. The Morgan fingerprint density at radius 3 is 2.56 bits per heavy atom. The van der Waals surface area contributed by atoms with Gasteiger partial charge < -0.3 is 14.6 Å². The Kier molecular flexibility index (Phi) is 7.63. The van der Waals surface area contributed by atoms with E-state index >= 15 is 0 Å². The lowest BCUT2D eigenvalue weighted by molar-refractivity contribution is 0.0696. The monoisotopic (exact) mass is 495 g/mol. The van der Waals surface area contributed by atoms with E-state index in [2.05, 4.69) is 22.0 Å². The molecule has 5 nitrogen and oxygen atoms in total. The van der Waals surface area contributed by atoms with Gasteiger partial charge in [-0.3, -0.25) is 0 Å². The van der Waals surface area contributed by atoms with Crippen LogP contribution >= 0.6 is 15.9 Å². The minimum absolute atomic E-state index is 0.141. The summed E-state index contributed by atoms with van der Waals surface area (Å²) in [7, 11) is 0. The number of rotatable bonds is 8. The summed E-state index contributed by atoms with van der Waals surface area (Å²) in [6.07, 6.45) is 1.64. The van der Waals surface area contributed by atoms with Gasteiger partial charge in [0.2, 0.25) is 0 Å². The van der Waals surface area contributed by atoms with Crippen LogP contribution < -0.4 is 9.47 Å². The van der Waals surface area contributed by atoms with Gasteiger partial charge in [-0.25, -0.2) is 9.18 Å². The normalized spacial score (nSPS) is 11.0. The summed E-state index contributed by atoms with van der Waals surface area (Å²) in [6.45, 7) is 2.37. The van der Waals surface area contributed by atoms with Crippen molar-refractivity contribution in [2.75, 3.05) is 6.61 Å². The minimum atomic E-state index is -1.01. The first kappa shape index (κ1) is 23.0. The van der Waals surface area contributed by atoms with Gasteiger partial charge >= 0.3 is 5.97 Å². The third kappa shape index (κ3) is 5.74. The SMILES string of the molecule is CCOc1cc(/C=C(/C#N)c2cccc(F)c2)cc(Br)c1OCc1cccc(C(=O)O)c1. The highest BCUT2D eigenvalue weighted by atomic mass is 79.9. The van der Waals surface area contributed by atoms with Gasteiger partial charge in [-0.2, -0.15) is 5.26 Å². The number of halogens is 2. The maximum Gasteiger partial charge on any atom is 0.335 e. The van der Waals surface area contributed by atoms with Gasteiger partial charge in [-0.1, -0.05) is 24.3 Å². The summed E-state index contributed by atoms with van der Waals surface area (Å²) in [6, 6.07) is 17.9. The zero-order valence-electron chi connectivity index (χ0n) is 17.1. The number of allylic oxidation sites excluding steroid dienone is 1. The number of hydrogen-bond acceptors (Lipinski definition) is 4. The van der Waals surface area contributed by atoms with Crippen molar-refractivity contribution >= 4 is 33.5 Å². The Labute approximate surface area is 193 Å². The van der Waals surface area contributed by atoms with Crippen LogP contribution in [-0.2, 0) is 6.61 Å². The number of aromatic carboxylic acids is 1. The highest BCUT2D eigenvalue weighted by molar-refractivity contribution is 9.10. The van der Waals surface area contributed by atoms with Crippen molar-refractivity contribution in [2.24, 2.45) is 0 Å². The molecule has 1 N–H and O–H groups in total. The van der Waals surface area contributed by atoms with Gasteiger partial charge in [0.1, 0.15) is 12.4 Å². The average Bonchev–Trinajstić information content (AvgIpc) is 2.77. The molecule has 0 atom stereocenters. The van der Waals surface area contributed by atoms with E-state index in [9.17, 15) is 14.4 Å². The second kappa shape index (κ2) is 10.6. The zero-order valence-corrected chi connectivity index (χ0v) is 18.7. The summed E-state index contributed by atoms with van der Waals surface area (Å²) in [4.78, 5) is 11.2. The van der Waals surface area contributed by atoms with Gasteiger partial charge in [0.25, 0.3) is 0 Å². The maximum absolute atomic E-state index is 13.6. The summed E-state index contributed by atoms with van der Waals surface area (Å²) in [5, 5.41) is 18.7. The first-order valence-electron chi connectivity index (χ1n) is 9.70. The topological polar surface area (TPSA) is 79.5 Å². The smallest absolute Gasteiger partial charge is 0.335 e. The number of carbonyl (C=O) groups is 1. The molecule has 0 fully saturated rings. The van der Waals surface area contributed by atoms with Crippen LogP contribution in [0.3, 0.4) is 0 Å². The fraction of sp³-hybridized carbons (Fsp3) is 0.120. The lowest BCUT2D eigenvalue weighted by Crippen LogP contribution is -2.03. The molecule has 0 amide bonds. The third-order valence-electron chi connectivity index (χ3n) is 4.46. The summed E-state index contributed by atoms with van der Waals surface area (Å²) < 4.78 is 25.8. The Morgan fingerprint density at radius 1 is 1.12 bits per heavy atom. The molecule has 0 saturated heterocycles. The quantitative estimate of drug-likeness (QED) is 0.291. The van der Waals surface area contributed by atoms with Crippen LogP contribution in [0, 0.1) is 17.1 Å². The molecule has 3 rings (SSSR count). The van der Waals surface area contributed by atoms with E-state index in [1.165, 1.54) is 18.2 Å². The van der Waals surface area contributed by atoms with Crippen LogP contribution in [0.25, 0.3) is 11.6 Å². The third-order valence-corrected chi connectivity index (χ3v) is 5.04. The van der Waals surface area contributed by atoms with Gasteiger partial charge in [0, 0.05) is 0 Å². The molecule has 0 radical (unpaired) electrons. The molecule has 32 heavy (non-hydrogen) atoms. The van der Waals surface area contributed by atoms with Crippen LogP contribution in [0.2, 0.25) is 0 Å². The predicted molar refractivity (Wildman–Crippen MR) is 123 cm³/mol. The Bertz CT molecular complexity index is 1220. The van der Waals surface area contributed by atoms with Gasteiger partial charge in [0.05, 0.1) is 28.3 Å². The van der Waals surface area contributed by atoms with Gasteiger partial charge in [0.15, 0.2) is 11.5 Å². The second-order valence-corrected chi connectivity index (χ2v) is 7.59. The van der Waals surface area contributed by atoms with E-state index in [0.29, 0.717) is 44.8 Å². The lowest BCUT2D eigenvalue weighted by Gasteiger charge is -2.15. The minimum Gasteiger partial charge on any atom is -0.490 e. The molecular formula is C25H19BrFNO4. The number of nitrogens with zero attached hydrogens (tertiary/aromatic N) is 1. The van der Waals surface area contributed by atoms with Crippen molar-refractivity contribution in [1.29, 1.82) is 5.26 Å². The molecule has 0 aliphatic carbocycles. The number of nitriles is 1. The first-order chi connectivity index (χ1) is 15.4. The van der Waals surface area contributed by atoms with E-state index in [1.807, 2.05) is 6.92 Å². The van der Waals surface area contributed by atoms with E-state index in [0.717, 1.165) is 0 Å². The molecular weight excluding hydrogens is 477 g/mol. The van der Waals surface area contributed by atoms with Gasteiger partial charge in [-0.15, -0.1) is 0 Å². The van der Waals surface area contributed by atoms with E-state index in [1.54, 1.807) is 48.5 Å². The molecule has 0 aliphatic rings. The number of ether oxygens (including phenoxy) is 2. The van der Waals surface area contributed by atoms with Crippen LogP contribution in [0.15, 0.2) is 65.1 Å². The maximum atomic E-state index is 13.6. The predicted octanol–water partition coefficient (Wildman–Crippen LogP) is 6.33. The highest BCUT2D eigenvalue weighted by Gasteiger charge is 2.14. The highest BCUT2D eigenvalue weighted by Crippen LogP contribution is 2.38. The lowest BCUT2D eigenvalue weighted by atomic mass is 10.0. The van der Waals surface area contributed by atoms with E-state index in [4.69, 9.17) is 14.6 Å². The van der Waals surface area contributed by atoms with Crippen LogP contribution in [0.1, 0.15) is 34.0 Å². The number of hydrogen-bond donors (Lipinski definition) is 1. The molecule has 0 unspecified atom stereocenters. The molecule has 0 spiro atoms.